The van der Waals surface area contributed by atoms with Gasteiger partial charge in [0.05, 0.1) is 13.2 Å². The number of nitrogens with zero attached hydrogens (tertiary/aromatic N) is 1. The Kier molecular flexibility index (Phi) is 15.6. The Balaban J connectivity index is 0. The SMILES string of the molecule is [K+].[K+].[O-]B([O-])CN1CCOCC1. The van der Waals surface area contributed by atoms with Gasteiger partial charge in [-0.3, -0.25) is 0 Å². The van der Waals surface area contributed by atoms with Crippen LogP contribution in [0, 0.1) is 0 Å². The van der Waals surface area contributed by atoms with Gasteiger partial charge in [-0.2, -0.15) is 0 Å². The van der Waals surface area contributed by atoms with Crippen molar-refractivity contribution in [2.24, 2.45) is 0 Å². The molecule has 0 aromatic rings. The largest absolute Gasteiger partial charge is 1.00 e. The van der Waals surface area contributed by atoms with Crippen molar-refractivity contribution in [2.45, 2.75) is 0 Å². The van der Waals surface area contributed by atoms with Gasteiger partial charge in [-0.1, -0.05) is 13.6 Å². The molecule has 1 rings (SSSR count). The van der Waals surface area contributed by atoms with Crippen molar-refractivity contribution in [3.63, 3.8) is 0 Å². The fourth-order valence-corrected chi connectivity index (χ4v) is 0.995. The van der Waals surface area contributed by atoms with Gasteiger partial charge in [0.1, 0.15) is 0 Å². The average Bonchev–Trinajstić information content (AvgIpc) is 1.88. The Bertz CT molecular complexity index is 103. The normalized spacial score (nSPS) is 17.5. The van der Waals surface area contributed by atoms with Crippen LogP contribution >= 0.6 is 0 Å². The maximum absolute atomic E-state index is 10.2. The van der Waals surface area contributed by atoms with Crippen LogP contribution in [0.4, 0.5) is 0 Å². The number of ether oxygens (including phenoxy) is 1. The Morgan fingerprint density at radius 3 is 2.08 bits per heavy atom. The zero-order valence-corrected chi connectivity index (χ0v) is 14.0. The minimum atomic E-state index is -1.71. The molecule has 0 spiro atoms. The van der Waals surface area contributed by atoms with Crippen LogP contribution in [0.3, 0.4) is 0 Å². The van der Waals surface area contributed by atoms with Crippen molar-refractivity contribution < 1.29 is 118 Å². The van der Waals surface area contributed by atoms with E-state index >= 15 is 0 Å². The van der Waals surface area contributed by atoms with Crippen molar-refractivity contribution >= 4 is 7.12 Å². The van der Waals surface area contributed by atoms with Crippen LogP contribution in [0.5, 0.6) is 0 Å². The van der Waals surface area contributed by atoms with Gasteiger partial charge >= 0.3 is 103 Å². The summed E-state index contributed by atoms with van der Waals surface area (Å²) < 4.78 is 5.04. The van der Waals surface area contributed by atoms with Gasteiger partial charge in [-0.15, -0.1) is 0 Å². The minimum Gasteiger partial charge on any atom is -0.892 e. The summed E-state index contributed by atoms with van der Waals surface area (Å²) in [5.41, 5.74) is 0. The molecule has 0 bridgehead atoms. The summed E-state index contributed by atoms with van der Waals surface area (Å²) in [4.78, 5) is 1.84. The summed E-state index contributed by atoms with van der Waals surface area (Å²) in [7, 11) is -1.71. The first kappa shape index (κ1) is 17.6. The number of hydrogen-bond donors (Lipinski definition) is 0. The van der Waals surface area contributed by atoms with Crippen molar-refractivity contribution in [1.29, 1.82) is 0 Å². The van der Waals surface area contributed by atoms with Gasteiger partial charge in [0.15, 0.2) is 0 Å². The van der Waals surface area contributed by atoms with E-state index in [4.69, 9.17) is 4.74 Å². The van der Waals surface area contributed by atoms with E-state index in [1.807, 2.05) is 4.90 Å². The van der Waals surface area contributed by atoms with Crippen molar-refractivity contribution in [1.82, 2.24) is 4.90 Å². The molecule has 0 N–H and O–H groups in total. The number of rotatable bonds is 2. The van der Waals surface area contributed by atoms with Gasteiger partial charge in [-0.05, 0) is 0 Å². The first-order valence-electron chi connectivity index (χ1n) is 3.41. The summed E-state index contributed by atoms with van der Waals surface area (Å²) >= 11 is 0. The Morgan fingerprint density at radius 1 is 1.17 bits per heavy atom. The van der Waals surface area contributed by atoms with Gasteiger partial charge in [-0.25, -0.2) is 0 Å². The van der Waals surface area contributed by atoms with Crippen LogP contribution in [0.25, 0.3) is 0 Å². The Morgan fingerprint density at radius 2 is 1.67 bits per heavy atom. The van der Waals surface area contributed by atoms with E-state index in [2.05, 4.69) is 0 Å². The fourth-order valence-electron chi connectivity index (χ4n) is 0.995. The standard InChI is InChI=1S/C5H10BNO3.2K/c8-6(9)5-7-1-3-10-4-2-7;;/h1-5H2;;/q-2;2*+1. The third-order valence-electron chi connectivity index (χ3n) is 1.51. The average molecular weight is 221 g/mol. The predicted molar refractivity (Wildman–Crippen MR) is 33.0 cm³/mol. The molecule has 12 heavy (non-hydrogen) atoms. The molecule has 4 nitrogen and oxygen atoms in total. The Hall–Kier alpha value is 3.18. The van der Waals surface area contributed by atoms with Crippen LogP contribution in [-0.4, -0.2) is 44.8 Å². The van der Waals surface area contributed by atoms with Gasteiger partial charge < -0.3 is 19.7 Å². The molecule has 1 saturated heterocycles. The second-order valence-corrected chi connectivity index (χ2v) is 2.34. The predicted octanol–water partition coefficient (Wildman–Crippen LogP) is -8.93. The van der Waals surface area contributed by atoms with Crippen LogP contribution in [0.1, 0.15) is 0 Å². The van der Waals surface area contributed by atoms with E-state index in [-0.39, 0.29) is 109 Å². The zero-order chi connectivity index (χ0) is 7.40. The van der Waals surface area contributed by atoms with Crippen molar-refractivity contribution in [2.75, 3.05) is 32.7 Å². The summed E-state index contributed by atoms with van der Waals surface area (Å²) in [5, 5.41) is 20.3. The topological polar surface area (TPSA) is 58.6 Å². The molecule has 1 aliphatic heterocycles. The molecule has 0 unspecified atom stereocenters. The molecular formula is C5H10BK2NO3. The molecule has 0 aromatic heterocycles. The molecule has 0 aliphatic carbocycles. The molecule has 0 amide bonds. The van der Waals surface area contributed by atoms with Gasteiger partial charge in [0.25, 0.3) is 0 Å². The van der Waals surface area contributed by atoms with E-state index in [9.17, 15) is 10.0 Å². The summed E-state index contributed by atoms with van der Waals surface area (Å²) in [5.74, 6) is 0. The maximum Gasteiger partial charge on any atom is 1.00 e. The van der Waals surface area contributed by atoms with Gasteiger partial charge in [0.2, 0.25) is 0 Å². The Labute approximate surface area is 158 Å². The molecule has 7 heteroatoms. The monoisotopic (exact) mass is 221 g/mol. The van der Waals surface area contributed by atoms with Gasteiger partial charge in [0, 0.05) is 13.1 Å². The second-order valence-electron chi connectivity index (χ2n) is 2.34. The van der Waals surface area contributed by atoms with E-state index in [0.717, 1.165) is 13.1 Å². The van der Waals surface area contributed by atoms with E-state index in [1.54, 1.807) is 0 Å². The first-order valence-corrected chi connectivity index (χ1v) is 3.41. The fraction of sp³-hybridized carbons (Fsp3) is 1.00. The molecule has 58 valence electrons. The van der Waals surface area contributed by atoms with Crippen molar-refractivity contribution in [3.8, 4) is 0 Å². The quantitative estimate of drug-likeness (QED) is 0.434. The third kappa shape index (κ3) is 8.48. The van der Waals surface area contributed by atoms with Crippen LogP contribution in [0.15, 0.2) is 0 Å². The van der Waals surface area contributed by atoms with Crippen LogP contribution < -0.4 is 113 Å². The first-order chi connectivity index (χ1) is 4.79. The molecule has 1 heterocycles. The van der Waals surface area contributed by atoms with E-state index in [0.29, 0.717) is 13.2 Å². The molecule has 0 aromatic carbocycles. The third-order valence-corrected chi connectivity index (χ3v) is 1.51. The van der Waals surface area contributed by atoms with Crippen LogP contribution in [-0.2, 0) is 4.74 Å². The van der Waals surface area contributed by atoms with Crippen LogP contribution in [0.2, 0.25) is 0 Å². The summed E-state index contributed by atoms with van der Waals surface area (Å²) in [6.07, 6.45) is 0.114. The minimum absolute atomic E-state index is 0. The molecule has 1 fully saturated rings. The van der Waals surface area contributed by atoms with E-state index < -0.39 is 7.12 Å². The summed E-state index contributed by atoms with van der Waals surface area (Å²) in [6, 6.07) is 0. The summed E-state index contributed by atoms with van der Waals surface area (Å²) in [6.45, 7) is 2.74. The molecule has 0 atom stereocenters. The number of morpholine rings is 1. The maximum atomic E-state index is 10.2. The zero-order valence-electron chi connectivity index (χ0n) is 7.78. The molecular weight excluding hydrogens is 211 g/mol. The molecule has 0 saturated carbocycles. The van der Waals surface area contributed by atoms with E-state index in [1.165, 1.54) is 0 Å². The molecule has 0 radical (unpaired) electrons. The second kappa shape index (κ2) is 10.7. The smallest absolute Gasteiger partial charge is 0.892 e. The van der Waals surface area contributed by atoms with Crippen molar-refractivity contribution in [3.05, 3.63) is 0 Å². The number of hydrogen-bond acceptors (Lipinski definition) is 4. The molecule has 1 aliphatic rings.